The zero-order valence-electron chi connectivity index (χ0n) is 13.3. The molecule has 0 aliphatic rings. The minimum Gasteiger partial charge on any atom is -0.378 e. The number of amides is 1. The highest BCUT2D eigenvalue weighted by Gasteiger charge is 1.99. The van der Waals surface area contributed by atoms with Crippen molar-refractivity contribution >= 4 is 17.7 Å². The molecule has 0 saturated heterocycles. The van der Waals surface area contributed by atoms with Crippen molar-refractivity contribution in [3.8, 4) is 0 Å². The van der Waals surface area contributed by atoms with Crippen LogP contribution in [0.3, 0.4) is 0 Å². The first-order valence-electron chi connectivity index (χ1n) is 7.33. The van der Waals surface area contributed by atoms with Crippen molar-refractivity contribution in [3.05, 3.63) is 71.3 Å². The molecule has 3 nitrogen and oxygen atoms in total. The van der Waals surface area contributed by atoms with Gasteiger partial charge in [-0.25, -0.2) is 0 Å². The highest BCUT2D eigenvalue weighted by Crippen LogP contribution is 2.12. The summed E-state index contributed by atoms with van der Waals surface area (Å²) in [7, 11) is 4.01. The summed E-state index contributed by atoms with van der Waals surface area (Å²) >= 11 is 0. The molecule has 0 unspecified atom stereocenters. The van der Waals surface area contributed by atoms with E-state index >= 15 is 0 Å². The van der Waals surface area contributed by atoms with Gasteiger partial charge in [-0.2, -0.15) is 0 Å². The Morgan fingerprint density at radius 1 is 1.14 bits per heavy atom. The zero-order chi connectivity index (χ0) is 15.9. The van der Waals surface area contributed by atoms with Crippen LogP contribution >= 0.6 is 0 Å². The van der Waals surface area contributed by atoms with Crippen LogP contribution in [0, 0.1) is 6.92 Å². The molecule has 0 bridgehead atoms. The average molecular weight is 294 g/mol. The van der Waals surface area contributed by atoms with Gasteiger partial charge in [0.1, 0.15) is 0 Å². The molecule has 0 saturated carbocycles. The summed E-state index contributed by atoms with van der Waals surface area (Å²) in [5.74, 6) is -0.0850. The number of rotatable bonds is 5. The van der Waals surface area contributed by atoms with Gasteiger partial charge in [0.15, 0.2) is 0 Å². The van der Waals surface area contributed by atoms with E-state index in [0.29, 0.717) is 6.54 Å². The third-order valence-electron chi connectivity index (χ3n) is 3.39. The smallest absolute Gasteiger partial charge is 0.244 e. The van der Waals surface area contributed by atoms with E-state index < -0.39 is 0 Å². The topological polar surface area (TPSA) is 32.3 Å². The van der Waals surface area contributed by atoms with E-state index in [-0.39, 0.29) is 5.91 Å². The van der Waals surface area contributed by atoms with Crippen molar-refractivity contribution in [2.75, 3.05) is 19.0 Å². The van der Waals surface area contributed by atoms with E-state index in [2.05, 4.69) is 5.32 Å². The first-order valence-corrected chi connectivity index (χ1v) is 7.33. The molecule has 22 heavy (non-hydrogen) atoms. The van der Waals surface area contributed by atoms with Gasteiger partial charge < -0.3 is 10.2 Å². The Morgan fingerprint density at radius 2 is 1.86 bits per heavy atom. The second-order valence-corrected chi connectivity index (χ2v) is 5.53. The molecule has 114 valence electrons. The second-order valence-electron chi connectivity index (χ2n) is 5.53. The van der Waals surface area contributed by atoms with Gasteiger partial charge in [0, 0.05) is 32.4 Å². The van der Waals surface area contributed by atoms with Crippen LogP contribution in [-0.2, 0) is 11.3 Å². The lowest BCUT2D eigenvalue weighted by atomic mass is 10.1. The molecule has 0 fully saturated rings. The third kappa shape index (κ3) is 4.77. The van der Waals surface area contributed by atoms with E-state index in [1.54, 1.807) is 6.08 Å². The molecule has 0 heterocycles. The standard InChI is InChI=1S/C19H22N2O/c1-15-5-4-6-16(13-15)9-12-19(22)20-14-17-7-10-18(11-8-17)21(2)3/h4-13H,14H2,1-3H3,(H,20,22)/b12-9+. The highest BCUT2D eigenvalue weighted by atomic mass is 16.1. The zero-order valence-corrected chi connectivity index (χ0v) is 13.3. The number of anilines is 1. The van der Waals surface area contributed by atoms with E-state index in [1.807, 2.05) is 80.5 Å². The Labute approximate surface area is 132 Å². The predicted molar refractivity (Wildman–Crippen MR) is 92.8 cm³/mol. The SMILES string of the molecule is Cc1cccc(/C=C/C(=O)NCc2ccc(N(C)C)cc2)c1. The van der Waals surface area contributed by atoms with Crippen LogP contribution in [-0.4, -0.2) is 20.0 Å². The largest absolute Gasteiger partial charge is 0.378 e. The molecule has 0 atom stereocenters. The predicted octanol–water partition coefficient (Wildman–Crippen LogP) is 3.39. The summed E-state index contributed by atoms with van der Waals surface area (Å²) in [5, 5.41) is 2.89. The Kier molecular flexibility index (Phi) is 5.37. The number of carbonyl (C=O) groups excluding carboxylic acids is 1. The summed E-state index contributed by atoms with van der Waals surface area (Å²) in [6.07, 6.45) is 3.40. The monoisotopic (exact) mass is 294 g/mol. The van der Waals surface area contributed by atoms with Gasteiger partial charge >= 0.3 is 0 Å². The molecule has 2 aromatic carbocycles. The second kappa shape index (κ2) is 7.46. The van der Waals surface area contributed by atoms with E-state index in [1.165, 1.54) is 5.56 Å². The fourth-order valence-corrected chi connectivity index (χ4v) is 2.11. The molecule has 1 amide bonds. The third-order valence-corrected chi connectivity index (χ3v) is 3.39. The molecular formula is C19H22N2O. The lowest BCUT2D eigenvalue weighted by molar-refractivity contribution is -0.116. The Morgan fingerprint density at radius 3 is 2.50 bits per heavy atom. The van der Waals surface area contributed by atoms with Gasteiger partial charge in [0.05, 0.1) is 0 Å². The maximum absolute atomic E-state index is 11.8. The number of hydrogen-bond donors (Lipinski definition) is 1. The lowest BCUT2D eigenvalue weighted by Gasteiger charge is -2.12. The fourth-order valence-electron chi connectivity index (χ4n) is 2.11. The van der Waals surface area contributed by atoms with E-state index in [0.717, 1.165) is 16.8 Å². The Hall–Kier alpha value is -2.55. The van der Waals surface area contributed by atoms with Crippen LogP contribution in [0.1, 0.15) is 16.7 Å². The molecular weight excluding hydrogens is 272 g/mol. The van der Waals surface area contributed by atoms with Crippen molar-refractivity contribution in [3.63, 3.8) is 0 Å². The Bertz CT molecular complexity index is 657. The van der Waals surface area contributed by atoms with Crippen LogP contribution in [0.4, 0.5) is 5.69 Å². The van der Waals surface area contributed by atoms with Gasteiger partial charge in [0.25, 0.3) is 0 Å². The summed E-state index contributed by atoms with van der Waals surface area (Å²) in [5.41, 5.74) is 4.45. The number of nitrogens with one attached hydrogen (secondary N) is 1. The quantitative estimate of drug-likeness (QED) is 0.857. The molecule has 0 aliphatic carbocycles. The molecule has 0 aromatic heterocycles. The van der Waals surface area contributed by atoms with Crippen LogP contribution in [0.25, 0.3) is 6.08 Å². The van der Waals surface area contributed by atoms with Gasteiger partial charge in [0.2, 0.25) is 5.91 Å². The maximum atomic E-state index is 11.8. The molecule has 0 aliphatic heterocycles. The van der Waals surface area contributed by atoms with Crippen molar-refractivity contribution in [1.82, 2.24) is 5.32 Å². The number of nitrogens with zero attached hydrogens (tertiary/aromatic N) is 1. The van der Waals surface area contributed by atoms with Crippen LogP contribution in [0.5, 0.6) is 0 Å². The van der Waals surface area contributed by atoms with Crippen molar-refractivity contribution in [2.24, 2.45) is 0 Å². The Balaban J connectivity index is 1.87. The number of carbonyl (C=O) groups is 1. The van der Waals surface area contributed by atoms with Gasteiger partial charge in [-0.3, -0.25) is 4.79 Å². The van der Waals surface area contributed by atoms with Crippen LogP contribution in [0.2, 0.25) is 0 Å². The summed E-state index contributed by atoms with van der Waals surface area (Å²) in [6, 6.07) is 16.2. The molecule has 2 aromatic rings. The number of benzene rings is 2. The summed E-state index contributed by atoms with van der Waals surface area (Å²) in [6.45, 7) is 2.57. The molecule has 2 rings (SSSR count). The number of aryl methyl sites for hydroxylation is 1. The minimum atomic E-state index is -0.0850. The molecule has 0 radical (unpaired) electrons. The average Bonchev–Trinajstić information content (AvgIpc) is 2.51. The van der Waals surface area contributed by atoms with Crippen LogP contribution in [0.15, 0.2) is 54.6 Å². The van der Waals surface area contributed by atoms with E-state index in [4.69, 9.17) is 0 Å². The highest BCUT2D eigenvalue weighted by molar-refractivity contribution is 5.91. The summed E-state index contributed by atoms with van der Waals surface area (Å²) < 4.78 is 0. The van der Waals surface area contributed by atoms with Crippen molar-refractivity contribution in [2.45, 2.75) is 13.5 Å². The van der Waals surface area contributed by atoms with Crippen LogP contribution < -0.4 is 10.2 Å². The molecule has 0 spiro atoms. The molecule has 3 heteroatoms. The molecule has 1 N–H and O–H groups in total. The van der Waals surface area contributed by atoms with Gasteiger partial charge in [-0.05, 0) is 36.3 Å². The lowest BCUT2D eigenvalue weighted by Crippen LogP contribution is -2.20. The first-order chi connectivity index (χ1) is 10.5. The van der Waals surface area contributed by atoms with Gasteiger partial charge in [-0.1, -0.05) is 42.0 Å². The minimum absolute atomic E-state index is 0.0850. The fraction of sp³-hybridized carbons (Fsp3) is 0.211. The summed E-state index contributed by atoms with van der Waals surface area (Å²) in [4.78, 5) is 13.9. The van der Waals surface area contributed by atoms with Gasteiger partial charge in [-0.15, -0.1) is 0 Å². The maximum Gasteiger partial charge on any atom is 0.244 e. The number of hydrogen-bond acceptors (Lipinski definition) is 2. The van der Waals surface area contributed by atoms with Crippen molar-refractivity contribution < 1.29 is 4.79 Å². The normalized spacial score (nSPS) is 10.7. The van der Waals surface area contributed by atoms with E-state index in [9.17, 15) is 4.79 Å². The van der Waals surface area contributed by atoms with Crippen molar-refractivity contribution in [1.29, 1.82) is 0 Å². The first kappa shape index (κ1) is 15.8.